The van der Waals surface area contributed by atoms with Gasteiger partial charge in [-0.15, -0.1) is 0 Å². The van der Waals surface area contributed by atoms with Crippen LogP contribution in [0.4, 0.5) is 4.39 Å². The van der Waals surface area contributed by atoms with Gasteiger partial charge in [-0.2, -0.15) is 0 Å². The molecular formula is C3H5FO. The maximum Gasteiger partial charge on any atom is 0.160 e. The summed E-state index contributed by atoms with van der Waals surface area (Å²) in [6.07, 6.45) is 0. The molecule has 0 amide bonds. The van der Waals surface area contributed by atoms with Crippen LogP contribution in [0.5, 0.6) is 0 Å². The SMILES string of the molecule is CC(=O)CF. The molecule has 0 aliphatic carbocycles. The monoisotopic (exact) mass is 76.0 g/mol. The molecule has 0 aromatic carbocycles. The Bertz CT molecular complexity index is 42.2. The van der Waals surface area contributed by atoms with Crippen molar-refractivity contribution in [2.75, 3.05) is 6.67 Å². The third-order valence-corrected chi connectivity index (χ3v) is 0.188. The molecule has 0 heterocycles. The number of hydrogen-bond acceptors (Lipinski definition) is 1. The fraction of sp³-hybridized carbons (Fsp3) is 0.667. The predicted octanol–water partition coefficient (Wildman–Crippen LogP) is 0.545. The van der Waals surface area contributed by atoms with E-state index < -0.39 is 12.5 Å². The highest BCUT2D eigenvalue weighted by atomic mass is 19.1. The average molecular weight is 76.1 g/mol. The molecule has 2 heteroatoms. The summed E-state index contributed by atoms with van der Waals surface area (Å²) in [5.41, 5.74) is 0. The number of carbonyl (C=O) groups is 1. The first-order chi connectivity index (χ1) is 2.27. The Morgan fingerprint density at radius 3 is 2.20 bits per heavy atom. The van der Waals surface area contributed by atoms with Gasteiger partial charge in [0.2, 0.25) is 0 Å². The van der Waals surface area contributed by atoms with Crippen LogP contribution in [0.25, 0.3) is 0 Å². The van der Waals surface area contributed by atoms with Gasteiger partial charge in [0.25, 0.3) is 0 Å². The van der Waals surface area contributed by atoms with E-state index in [1.807, 2.05) is 0 Å². The van der Waals surface area contributed by atoms with E-state index in [4.69, 9.17) is 0 Å². The summed E-state index contributed by atoms with van der Waals surface area (Å²) in [6, 6.07) is 0. The number of ketones is 1. The minimum Gasteiger partial charge on any atom is -0.297 e. The van der Waals surface area contributed by atoms with E-state index in [2.05, 4.69) is 0 Å². The van der Waals surface area contributed by atoms with Crippen molar-refractivity contribution in [3.8, 4) is 0 Å². The quantitative estimate of drug-likeness (QED) is 0.445. The van der Waals surface area contributed by atoms with Crippen LogP contribution in [0.15, 0.2) is 0 Å². The Hall–Kier alpha value is -0.400. The second-order valence-electron chi connectivity index (χ2n) is 0.836. The van der Waals surface area contributed by atoms with E-state index >= 15 is 0 Å². The fourth-order valence-electron chi connectivity index (χ4n) is 0. The van der Waals surface area contributed by atoms with Gasteiger partial charge in [0, 0.05) is 0 Å². The number of Topliss-reactive ketones (excluding diaryl/α,β-unsaturated/α-hetero) is 1. The lowest BCUT2D eigenvalue weighted by Crippen LogP contribution is -1.87. The summed E-state index contributed by atoms with van der Waals surface area (Å²) < 4.78 is 10.8. The molecule has 5 heavy (non-hydrogen) atoms. The molecule has 0 aliphatic rings. The van der Waals surface area contributed by atoms with Crippen LogP contribution in [0.2, 0.25) is 0 Å². The van der Waals surface area contributed by atoms with Crippen LogP contribution in [0.3, 0.4) is 0 Å². The van der Waals surface area contributed by atoms with Crippen LogP contribution in [0.1, 0.15) is 6.92 Å². The molecule has 0 aromatic heterocycles. The zero-order valence-electron chi connectivity index (χ0n) is 2.99. The highest BCUT2D eigenvalue weighted by molar-refractivity contribution is 5.76. The van der Waals surface area contributed by atoms with E-state index in [0.717, 1.165) is 0 Å². The van der Waals surface area contributed by atoms with Crippen molar-refractivity contribution in [2.24, 2.45) is 0 Å². The fourth-order valence-corrected chi connectivity index (χ4v) is 0. The topological polar surface area (TPSA) is 17.1 Å². The second kappa shape index (κ2) is 1.88. The summed E-state index contributed by atoms with van der Waals surface area (Å²) in [4.78, 5) is 9.44. The van der Waals surface area contributed by atoms with Gasteiger partial charge in [-0.3, -0.25) is 4.79 Å². The summed E-state index contributed by atoms with van der Waals surface area (Å²) in [7, 11) is 0. The molecule has 0 unspecified atom stereocenters. The molecule has 0 atom stereocenters. The highest BCUT2D eigenvalue weighted by Crippen LogP contribution is 1.64. The van der Waals surface area contributed by atoms with Crippen molar-refractivity contribution >= 4 is 5.78 Å². The molecular weight excluding hydrogens is 71.0 g/mol. The van der Waals surface area contributed by atoms with Crippen molar-refractivity contribution in [1.29, 1.82) is 0 Å². The zero-order chi connectivity index (χ0) is 4.28. The van der Waals surface area contributed by atoms with Gasteiger partial charge >= 0.3 is 0 Å². The number of halogens is 1. The molecule has 0 saturated heterocycles. The van der Waals surface area contributed by atoms with Gasteiger partial charge < -0.3 is 0 Å². The summed E-state index contributed by atoms with van der Waals surface area (Å²) >= 11 is 0. The summed E-state index contributed by atoms with van der Waals surface area (Å²) in [5.74, 6) is -0.412. The van der Waals surface area contributed by atoms with Crippen LogP contribution in [-0.2, 0) is 4.79 Å². The first kappa shape index (κ1) is 4.60. The molecule has 0 fully saturated rings. The van der Waals surface area contributed by atoms with E-state index in [1.54, 1.807) is 0 Å². The Kier molecular flexibility index (Phi) is 1.73. The normalized spacial score (nSPS) is 7.60. The van der Waals surface area contributed by atoms with Crippen molar-refractivity contribution in [1.82, 2.24) is 0 Å². The molecule has 0 saturated carbocycles. The highest BCUT2D eigenvalue weighted by Gasteiger charge is 1.81. The van der Waals surface area contributed by atoms with Gasteiger partial charge in [-0.05, 0) is 6.92 Å². The predicted molar refractivity (Wildman–Crippen MR) is 16.7 cm³/mol. The number of rotatable bonds is 1. The molecule has 0 aromatic rings. The van der Waals surface area contributed by atoms with Crippen LogP contribution in [-0.4, -0.2) is 12.5 Å². The maximum absolute atomic E-state index is 10.8. The Balaban J connectivity index is 2.85. The van der Waals surface area contributed by atoms with Crippen LogP contribution in [0, 0.1) is 0 Å². The molecule has 1 nitrogen and oxygen atoms in total. The van der Waals surface area contributed by atoms with Gasteiger partial charge in [0.15, 0.2) is 5.78 Å². The first-order valence-corrected chi connectivity index (χ1v) is 1.32. The van der Waals surface area contributed by atoms with Crippen LogP contribution < -0.4 is 0 Å². The Morgan fingerprint density at radius 1 is 2.00 bits per heavy atom. The molecule has 0 N–H and O–H groups in total. The lowest BCUT2D eigenvalue weighted by atomic mass is 10.5. The van der Waals surface area contributed by atoms with Crippen molar-refractivity contribution in [3.63, 3.8) is 0 Å². The Labute approximate surface area is 29.8 Å². The molecule has 0 bridgehead atoms. The van der Waals surface area contributed by atoms with Crippen molar-refractivity contribution in [3.05, 3.63) is 0 Å². The lowest BCUT2D eigenvalue weighted by molar-refractivity contribution is -0.117. The van der Waals surface area contributed by atoms with Crippen LogP contribution >= 0.6 is 0 Å². The van der Waals surface area contributed by atoms with E-state index in [-0.39, 0.29) is 0 Å². The van der Waals surface area contributed by atoms with E-state index in [9.17, 15) is 9.18 Å². The van der Waals surface area contributed by atoms with Crippen molar-refractivity contribution in [2.45, 2.75) is 6.92 Å². The minimum absolute atomic E-state index is 0.412. The third-order valence-electron chi connectivity index (χ3n) is 0.188. The molecule has 0 aliphatic heterocycles. The Morgan fingerprint density at radius 2 is 2.20 bits per heavy atom. The first-order valence-electron chi connectivity index (χ1n) is 1.32. The number of alkyl halides is 1. The second-order valence-corrected chi connectivity index (χ2v) is 0.836. The minimum atomic E-state index is -0.833. The molecule has 0 radical (unpaired) electrons. The molecule has 0 spiro atoms. The largest absolute Gasteiger partial charge is 0.297 e. The van der Waals surface area contributed by atoms with Gasteiger partial charge in [0.1, 0.15) is 6.67 Å². The summed E-state index contributed by atoms with van der Waals surface area (Å²) in [6.45, 7) is 0.375. The lowest BCUT2D eigenvalue weighted by Gasteiger charge is -1.68. The van der Waals surface area contributed by atoms with E-state index in [0.29, 0.717) is 0 Å². The zero-order valence-corrected chi connectivity index (χ0v) is 2.99. The summed E-state index contributed by atoms with van der Waals surface area (Å²) in [5, 5.41) is 0. The third kappa shape index (κ3) is 3.60. The van der Waals surface area contributed by atoms with Gasteiger partial charge in [-0.25, -0.2) is 4.39 Å². The average Bonchev–Trinajstić information content (AvgIpc) is 1.38. The molecule has 0 rings (SSSR count). The molecule has 30 valence electrons. The van der Waals surface area contributed by atoms with Gasteiger partial charge in [0.05, 0.1) is 0 Å². The smallest absolute Gasteiger partial charge is 0.160 e. The van der Waals surface area contributed by atoms with E-state index in [1.165, 1.54) is 6.92 Å². The maximum atomic E-state index is 10.8. The van der Waals surface area contributed by atoms with Crippen molar-refractivity contribution < 1.29 is 9.18 Å². The van der Waals surface area contributed by atoms with Gasteiger partial charge in [-0.1, -0.05) is 0 Å². The number of carbonyl (C=O) groups excluding carboxylic acids is 1. The standard InChI is InChI=1S/C3H5FO/c1-3(5)2-4/h2H2,1H3. The number of hydrogen-bond donors (Lipinski definition) is 0.